The lowest BCUT2D eigenvalue weighted by atomic mass is 10.4. The highest BCUT2D eigenvalue weighted by molar-refractivity contribution is 5.31. The van der Waals surface area contributed by atoms with Crippen molar-refractivity contribution < 1.29 is 0 Å². The molecular formula is C9H8N4O. The van der Waals surface area contributed by atoms with Crippen LogP contribution >= 0.6 is 0 Å². The molecule has 0 saturated carbocycles. The molecule has 0 radical (unpaired) electrons. The van der Waals surface area contributed by atoms with Crippen LogP contribution < -0.4 is 11.3 Å². The van der Waals surface area contributed by atoms with E-state index in [4.69, 9.17) is 5.73 Å². The maximum absolute atomic E-state index is 11.4. The van der Waals surface area contributed by atoms with Gasteiger partial charge in [-0.15, -0.1) is 10.2 Å². The number of hydrogen-bond acceptors (Lipinski definition) is 4. The summed E-state index contributed by atoms with van der Waals surface area (Å²) in [5.74, 6) is 0.794. The maximum Gasteiger partial charge on any atom is 0.256 e. The Kier molecular flexibility index (Phi) is 1.98. The highest BCUT2D eigenvalue weighted by Crippen LogP contribution is 2.00. The first-order chi connectivity index (χ1) is 6.77. The Bertz CT molecular complexity index is 489. The Balaban J connectivity index is 2.56. The molecule has 0 unspecified atom stereocenters. The van der Waals surface area contributed by atoms with Crippen LogP contribution in [0.1, 0.15) is 0 Å². The predicted molar refractivity (Wildman–Crippen MR) is 52.0 cm³/mol. The maximum atomic E-state index is 11.4. The zero-order valence-corrected chi connectivity index (χ0v) is 7.29. The lowest BCUT2D eigenvalue weighted by Crippen LogP contribution is -2.17. The molecule has 70 valence electrons. The summed E-state index contributed by atoms with van der Waals surface area (Å²) in [6.07, 6.45) is 1.63. The monoisotopic (exact) mass is 188 g/mol. The fraction of sp³-hybridized carbons (Fsp3) is 0. The van der Waals surface area contributed by atoms with Gasteiger partial charge in [0.15, 0.2) is 5.82 Å². The molecule has 5 nitrogen and oxygen atoms in total. The van der Waals surface area contributed by atoms with E-state index in [-0.39, 0.29) is 5.56 Å². The highest BCUT2D eigenvalue weighted by atomic mass is 16.1. The van der Waals surface area contributed by atoms with E-state index in [1.807, 2.05) is 0 Å². The van der Waals surface area contributed by atoms with Gasteiger partial charge in [-0.3, -0.25) is 9.36 Å². The fourth-order valence-corrected chi connectivity index (χ4v) is 1.08. The van der Waals surface area contributed by atoms with E-state index in [1.165, 1.54) is 10.6 Å². The van der Waals surface area contributed by atoms with E-state index in [2.05, 4.69) is 10.2 Å². The second-order valence-corrected chi connectivity index (χ2v) is 2.73. The van der Waals surface area contributed by atoms with Gasteiger partial charge in [0.2, 0.25) is 0 Å². The molecular weight excluding hydrogens is 180 g/mol. The van der Waals surface area contributed by atoms with Gasteiger partial charge < -0.3 is 5.73 Å². The number of hydrogen-bond donors (Lipinski definition) is 1. The van der Waals surface area contributed by atoms with Crippen molar-refractivity contribution >= 4 is 5.82 Å². The summed E-state index contributed by atoms with van der Waals surface area (Å²) in [4.78, 5) is 11.4. The average molecular weight is 188 g/mol. The summed E-state index contributed by atoms with van der Waals surface area (Å²) in [5.41, 5.74) is 5.24. The SMILES string of the molecule is Nc1ccc(-n2ccccc2=O)nn1. The third kappa shape index (κ3) is 1.47. The molecule has 5 heteroatoms. The predicted octanol–water partition coefficient (Wildman–Crippen LogP) is 0.210. The number of nitrogens with zero attached hydrogens (tertiary/aromatic N) is 3. The van der Waals surface area contributed by atoms with Gasteiger partial charge in [-0.05, 0) is 18.2 Å². The summed E-state index contributed by atoms with van der Waals surface area (Å²) in [5, 5.41) is 7.46. The second-order valence-electron chi connectivity index (χ2n) is 2.73. The summed E-state index contributed by atoms with van der Waals surface area (Å²) in [7, 11) is 0. The molecule has 2 aromatic heterocycles. The van der Waals surface area contributed by atoms with E-state index in [1.54, 1.807) is 30.5 Å². The molecule has 2 aromatic rings. The smallest absolute Gasteiger partial charge is 0.256 e. The molecule has 0 amide bonds. The quantitative estimate of drug-likeness (QED) is 0.694. The Morgan fingerprint density at radius 3 is 2.64 bits per heavy atom. The summed E-state index contributed by atoms with van der Waals surface area (Å²) in [6.45, 7) is 0. The van der Waals surface area contributed by atoms with Crippen LogP contribution in [-0.4, -0.2) is 14.8 Å². The van der Waals surface area contributed by atoms with Gasteiger partial charge >= 0.3 is 0 Å². The van der Waals surface area contributed by atoms with E-state index < -0.39 is 0 Å². The van der Waals surface area contributed by atoms with Crippen LogP contribution in [-0.2, 0) is 0 Å². The first kappa shape index (κ1) is 8.43. The number of nitrogens with two attached hydrogens (primary N) is 1. The number of nitrogen functional groups attached to an aromatic ring is 1. The van der Waals surface area contributed by atoms with Crippen molar-refractivity contribution in [2.24, 2.45) is 0 Å². The van der Waals surface area contributed by atoms with Gasteiger partial charge in [0, 0.05) is 12.3 Å². The van der Waals surface area contributed by atoms with Crippen LogP contribution in [0.2, 0.25) is 0 Å². The first-order valence-corrected chi connectivity index (χ1v) is 4.04. The standard InChI is InChI=1S/C9H8N4O/c10-7-4-5-8(12-11-7)13-6-2-1-3-9(13)14/h1-6H,(H2,10,11). The molecule has 2 heterocycles. The van der Waals surface area contributed by atoms with Crippen LogP contribution in [0.4, 0.5) is 5.82 Å². The van der Waals surface area contributed by atoms with Crippen LogP contribution in [0.5, 0.6) is 0 Å². The molecule has 0 bridgehead atoms. The van der Waals surface area contributed by atoms with Gasteiger partial charge in [-0.2, -0.15) is 0 Å². The van der Waals surface area contributed by atoms with E-state index in [9.17, 15) is 4.79 Å². The summed E-state index contributed by atoms with van der Waals surface area (Å²) < 4.78 is 1.40. The Labute approximate surface area is 79.8 Å². The molecule has 0 atom stereocenters. The average Bonchev–Trinajstić information content (AvgIpc) is 2.20. The molecule has 14 heavy (non-hydrogen) atoms. The minimum atomic E-state index is -0.147. The van der Waals surface area contributed by atoms with Crippen molar-refractivity contribution in [2.45, 2.75) is 0 Å². The van der Waals surface area contributed by atoms with Crippen molar-refractivity contribution in [3.8, 4) is 5.82 Å². The molecule has 0 aliphatic carbocycles. The molecule has 2 rings (SSSR count). The van der Waals surface area contributed by atoms with E-state index in [0.29, 0.717) is 11.6 Å². The topological polar surface area (TPSA) is 73.8 Å². The van der Waals surface area contributed by atoms with Crippen molar-refractivity contribution in [3.63, 3.8) is 0 Å². The Hall–Kier alpha value is -2.17. The molecule has 0 spiro atoms. The van der Waals surface area contributed by atoms with Gasteiger partial charge in [0.1, 0.15) is 5.82 Å². The van der Waals surface area contributed by atoms with Crippen LogP contribution in [0.25, 0.3) is 5.82 Å². The van der Waals surface area contributed by atoms with E-state index >= 15 is 0 Å². The molecule has 0 aromatic carbocycles. The van der Waals surface area contributed by atoms with Crippen LogP contribution in [0, 0.1) is 0 Å². The van der Waals surface area contributed by atoms with Crippen molar-refractivity contribution in [3.05, 3.63) is 46.9 Å². The van der Waals surface area contributed by atoms with Crippen molar-refractivity contribution in [1.82, 2.24) is 14.8 Å². The second kappa shape index (κ2) is 3.29. The fourth-order valence-electron chi connectivity index (χ4n) is 1.08. The van der Waals surface area contributed by atoms with Gasteiger partial charge in [-0.1, -0.05) is 6.07 Å². The van der Waals surface area contributed by atoms with Crippen LogP contribution in [0.3, 0.4) is 0 Å². The summed E-state index contributed by atoms with van der Waals surface area (Å²) in [6, 6.07) is 8.12. The Morgan fingerprint density at radius 1 is 1.14 bits per heavy atom. The normalized spacial score (nSPS) is 10.0. The molecule has 2 N–H and O–H groups in total. The third-order valence-corrected chi connectivity index (χ3v) is 1.74. The highest BCUT2D eigenvalue weighted by Gasteiger charge is 1.99. The van der Waals surface area contributed by atoms with Gasteiger partial charge in [-0.25, -0.2) is 0 Å². The lowest BCUT2D eigenvalue weighted by Gasteiger charge is -2.01. The first-order valence-electron chi connectivity index (χ1n) is 4.04. The van der Waals surface area contributed by atoms with Crippen LogP contribution in [0.15, 0.2) is 41.3 Å². The minimum Gasteiger partial charge on any atom is -0.382 e. The number of aromatic nitrogens is 3. The van der Waals surface area contributed by atoms with E-state index in [0.717, 1.165) is 0 Å². The zero-order chi connectivity index (χ0) is 9.97. The number of anilines is 1. The largest absolute Gasteiger partial charge is 0.382 e. The summed E-state index contributed by atoms with van der Waals surface area (Å²) >= 11 is 0. The van der Waals surface area contributed by atoms with Gasteiger partial charge in [0.05, 0.1) is 0 Å². The van der Waals surface area contributed by atoms with Gasteiger partial charge in [0.25, 0.3) is 5.56 Å². The molecule has 0 aliphatic rings. The molecule has 0 saturated heterocycles. The molecule has 0 fully saturated rings. The zero-order valence-electron chi connectivity index (χ0n) is 7.29. The van der Waals surface area contributed by atoms with Crippen molar-refractivity contribution in [1.29, 1.82) is 0 Å². The molecule has 0 aliphatic heterocycles. The Morgan fingerprint density at radius 2 is 2.00 bits per heavy atom. The third-order valence-electron chi connectivity index (χ3n) is 1.74. The minimum absolute atomic E-state index is 0.147. The lowest BCUT2D eigenvalue weighted by molar-refractivity contribution is 0.886. The van der Waals surface area contributed by atoms with Crippen molar-refractivity contribution in [2.75, 3.05) is 5.73 Å². The number of rotatable bonds is 1. The number of pyridine rings is 1.